The lowest BCUT2D eigenvalue weighted by molar-refractivity contribution is -0.122. The molecule has 0 radical (unpaired) electrons. The van der Waals surface area contributed by atoms with Gasteiger partial charge in [0.15, 0.2) is 0 Å². The molecule has 0 aromatic rings. The van der Waals surface area contributed by atoms with Crippen molar-refractivity contribution in [3.05, 3.63) is 0 Å². The van der Waals surface area contributed by atoms with Crippen LogP contribution in [0.25, 0.3) is 0 Å². The number of hydrogen-bond donors (Lipinski definition) is 1. The number of nitrogens with zero attached hydrogens (tertiary/aromatic N) is 2. The third-order valence-corrected chi connectivity index (χ3v) is 4.05. The zero-order valence-corrected chi connectivity index (χ0v) is 12.1. The standard InChI is InChI=1S/C14H27N3O2/c1-2-16-6-4-7-17(9-8-16)12-14(18)15-11-13-5-3-10-19-13/h13H,2-12H2,1H3,(H,15,18). The average molecular weight is 269 g/mol. The van der Waals surface area contributed by atoms with Gasteiger partial charge in [-0.2, -0.15) is 0 Å². The van der Waals surface area contributed by atoms with Crippen molar-refractivity contribution in [2.24, 2.45) is 0 Å². The van der Waals surface area contributed by atoms with Gasteiger partial charge in [0.1, 0.15) is 0 Å². The van der Waals surface area contributed by atoms with Crippen molar-refractivity contribution >= 4 is 5.91 Å². The molecule has 0 aromatic heterocycles. The Kier molecular flexibility index (Phi) is 6.07. The molecule has 0 aliphatic carbocycles. The van der Waals surface area contributed by atoms with E-state index in [1.165, 1.54) is 0 Å². The van der Waals surface area contributed by atoms with Crippen LogP contribution in [0.5, 0.6) is 0 Å². The lowest BCUT2D eigenvalue weighted by Gasteiger charge is -2.20. The Morgan fingerprint density at radius 2 is 2.00 bits per heavy atom. The zero-order chi connectivity index (χ0) is 13.5. The van der Waals surface area contributed by atoms with E-state index in [0.29, 0.717) is 13.1 Å². The Balaban J connectivity index is 1.63. The fraction of sp³-hybridized carbons (Fsp3) is 0.929. The van der Waals surface area contributed by atoms with Crippen LogP contribution in [0.2, 0.25) is 0 Å². The molecule has 2 rings (SSSR count). The van der Waals surface area contributed by atoms with Crippen molar-refractivity contribution < 1.29 is 9.53 Å². The Bertz CT molecular complexity index is 280. The molecule has 19 heavy (non-hydrogen) atoms. The van der Waals surface area contributed by atoms with Crippen LogP contribution >= 0.6 is 0 Å². The molecule has 5 heteroatoms. The minimum atomic E-state index is 0.139. The molecule has 1 unspecified atom stereocenters. The zero-order valence-electron chi connectivity index (χ0n) is 12.1. The number of nitrogens with one attached hydrogen (secondary N) is 1. The summed E-state index contributed by atoms with van der Waals surface area (Å²) in [4.78, 5) is 16.6. The molecule has 110 valence electrons. The highest BCUT2D eigenvalue weighted by Gasteiger charge is 2.18. The van der Waals surface area contributed by atoms with E-state index in [1.54, 1.807) is 0 Å². The van der Waals surface area contributed by atoms with Crippen molar-refractivity contribution in [3.8, 4) is 0 Å². The maximum atomic E-state index is 11.9. The first kappa shape index (κ1) is 14.8. The van der Waals surface area contributed by atoms with Crippen LogP contribution in [0, 0.1) is 0 Å². The third kappa shape index (κ3) is 5.09. The van der Waals surface area contributed by atoms with E-state index in [0.717, 1.165) is 58.6 Å². The molecular weight excluding hydrogens is 242 g/mol. The number of hydrogen-bond acceptors (Lipinski definition) is 4. The van der Waals surface area contributed by atoms with Crippen molar-refractivity contribution in [3.63, 3.8) is 0 Å². The smallest absolute Gasteiger partial charge is 0.234 e. The van der Waals surface area contributed by atoms with E-state index >= 15 is 0 Å². The van der Waals surface area contributed by atoms with Gasteiger partial charge in [0, 0.05) is 26.2 Å². The van der Waals surface area contributed by atoms with Gasteiger partial charge in [0.05, 0.1) is 12.6 Å². The highest BCUT2D eigenvalue weighted by atomic mass is 16.5. The van der Waals surface area contributed by atoms with Gasteiger partial charge in [0.25, 0.3) is 0 Å². The summed E-state index contributed by atoms with van der Waals surface area (Å²) in [6, 6.07) is 0. The highest BCUT2D eigenvalue weighted by Crippen LogP contribution is 2.10. The molecule has 1 atom stereocenters. The predicted molar refractivity (Wildman–Crippen MR) is 75.2 cm³/mol. The topological polar surface area (TPSA) is 44.8 Å². The summed E-state index contributed by atoms with van der Waals surface area (Å²) in [6.45, 7) is 9.63. The number of carbonyl (C=O) groups excluding carboxylic acids is 1. The Labute approximate surface area is 116 Å². The second-order valence-corrected chi connectivity index (χ2v) is 5.50. The van der Waals surface area contributed by atoms with E-state index in [1.807, 2.05) is 0 Å². The summed E-state index contributed by atoms with van der Waals surface area (Å²) in [5, 5.41) is 3.00. The van der Waals surface area contributed by atoms with Gasteiger partial charge in [-0.1, -0.05) is 6.92 Å². The molecular formula is C14H27N3O2. The fourth-order valence-electron chi connectivity index (χ4n) is 2.79. The summed E-state index contributed by atoms with van der Waals surface area (Å²) in [6.07, 6.45) is 3.60. The summed E-state index contributed by atoms with van der Waals surface area (Å²) >= 11 is 0. The SMILES string of the molecule is CCN1CCCN(CC(=O)NCC2CCCO2)CC1. The lowest BCUT2D eigenvalue weighted by atomic mass is 10.2. The second kappa shape index (κ2) is 7.82. The van der Waals surface area contributed by atoms with Gasteiger partial charge in [-0.25, -0.2) is 0 Å². The molecule has 0 aromatic carbocycles. The first-order valence-electron chi connectivity index (χ1n) is 7.61. The summed E-state index contributed by atoms with van der Waals surface area (Å²) in [7, 11) is 0. The van der Waals surface area contributed by atoms with Gasteiger partial charge in [-0.3, -0.25) is 9.69 Å². The molecule has 0 saturated carbocycles. The van der Waals surface area contributed by atoms with Crippen molar-refractivity contribution in [1.82, 2.24) is 15.1 Å². The summed E-state index contributed by atoms with van der Waals surface area (Å²) in [5.74, 6) is 0.139. The molecule has 2 heterocycles. The fourth-order valence-corrected chi connectivity index (χ4v) is 2.79. The average Bonchev–Trinajstić information content (AvgIpc) is 2.83. The molecule has 0 bridgehead atoms. The largest absolute Gasteiger partial charge is 0.376 e. The van der Waals surface area contributed by atoms with Crippen molar-refractivity contribution in [2.45, 2.75) is 32.3 Å². The molecule has 5 nitrogen and oxygen atoms in total. The van der Waals surface area contributed by atoms with Gasteiger partial charge in [-0.15, -0.1) is 0 Å². The highest BCUT2D eigenvalue weighted by molar-refractivity contribution is 5.78. The monoisotopic (exact) mass is 269 g/mol. The molecule has 1 N–H and O–H groups in total. The van der Waals surface area contributed by atoms with Crippen LogP contribution in [-0.2, 0) is 9.53 Å². The maximum Gasteiger partial charge on any atom is 0.234 e. The summed E-state index contributed by atoms with van der Waals surface area (Å²) < 4.78 is 5.51. The maximum absolute atomic E-state index is 11.9. The minimum Gasteiger partial charge on any atom is -0.376 e. The van der Waals surface area contributed by atoms with Crippen LogP contribution in [-0.4, -0.2) is 74.2 Å². The number of rotatable bonds is 5. The van der Waals surface area contributed by atoms with Crippen LogP contribution in [0.4, 0.5) is 0 Å². The third-order valence-electron chi connectivity index (χ3n) is 4.05. The predicted octanol–water partition coefficient (Wildman–Crippen LogP) is 0.309. The van der Waals surface area contributed by atoms with E-state index in [-0.39, 0.29) is 12.0 Å². The minimum absolute atomic E-state index is 0.139. The Morgan fingerprint density at radius 3 is 2.74 bits per heavy atom. The number of likely N-dealkylation sites (N-methyl/N-ethyl adjacent to an activating group) is 1. The Hall–Kier alpha value is -0.650. The van der Waals surface area contributed by atoms with E-state index in [2.05, 4.69) is 22.0 Å². The number of ether oxygens (including phenoxy) is 1. The number of amides is 1. The summed E-state index contributed by atoms with van der Waals surface area (Å²) in [5.41, 5.74) is 0. The van der Waals surface area contributed by atoms with E-state index < -0.39 is 0 Å². The molecule has 2 saturated heterocycles. The normalized spacial score (nSPS) is 26.3. The molecule has 2 aliphatic rings. The molecule has 2 aliphatic heterocycles. The van der Waals surface area contributed by atoms with Gasteiger partial charge >= 0.3 is 0 Å². The number of carbonyl (C=O) groups is 1. The molecule has 0 spiro atoms. The quantitative estimate of drug-likeness (QED) is 0.780. The van der Waals surface area contributed by atoms with Crippen molar-refractivity contribution in [1.29, 1.82) is 0 Å². The van der Waals surface area contributed by atoms with Crippen molar-refractivity contribution in [2.75, 3.05) is 52.4 Å². The van der Waals surface area contributed by atoms with Crippen LogP contribution in [0.3, 0.4) is 0 Å². The van der Waals surface area contributed by atoms with Gasteiger partial charge < -0.3 is 15.0 Å². The van der Waals surface area contributed by atoms with Gasteiger partial charge in [-0.05, 0) is 38.9 Å². The van der Waals surface area contributed by atoms with Gasteiger partial charge in [0.2, 0.25) is 5.91 Å². The van der Waals surface area contributed by atoms with Crippen LogP contribution in [0.15, 0.2) is 0 Å². The Morgan fingerprint density at radius 1 is 1.21 bits per heavy atom. The first-order chi connectivity index (χ1) is 9.28. The lowest BCUT2D eigenvalue weighted by Crippen LogP contribution is -2.41. The van der Waals surface area contributed by atoms with E-state index in [4.69, 9.17) is 4.74 Å². The molecule has 2 fully saturated rings. The van der Waals surface area contributed by atoms with Crippen LogP contribution < -0.4 is 5.32 Å². The first-order valence-corrected chi connectivity index (χ1v) is 7.61. The second-order valence-electron chi connectivity index (χ2n) is 5.50. The molecule has 1 amide bonds. The van der Waals surface area contributed by atoms with Crippen LogP contribution in [0.1, 0.15) is 26.2 Å². The van der Waals surface area contributed by atoms with E-state index in [9.17, 15) is 4.79 Å².